The predicted octanol–water partition coefficient (Wildman–Crippen LogP) is 7.30. The van der Waals surface area contributed by atoms with Crippen LogP contribution in [0.3, 0.4) is 0 Å². The van der Waals surface area contributed by atoms with Gasteiger partial charge in [-0.05, 0) is 69.2 Å². The zero-order valence-electron chi connectivity index (χ0n) is 19.2. The van der Waals surface area contributed by atoms with Crippen molar-refractivity contribution < 1.29 is 18.3 Å². The van der Waals surface area contributed by atoms with Gasteiger partial charge in [0.15, 0.2) is 0 Å². The van der Waals surface area contributed by atoms with Crippen molar-refractivity contribution in [3.8, 4) is 16.9 Å². The summed E-state index contributed by atoms with van der Waals surface area (Å²) in [5, 5.41) is 3.78. The van der Waals surface area contributed by atoms with Crippen LogP contribution in [0, 0.1) is 19.7 Å². The minimum Gasteiger partial charge on any atom is -0.493 e. The van der Waals surface area contributed by atoms with E-state index >= 15 is 0 Å². The second-order valence-electron chi connectivity index (χ2n) is 8.03. The lowest BCUT2D eigenvalue weighted by Gasteiger charge is -2.15. The third-order valence-electron chi connectivity index (χ3n) is 5.58. The molecule has 0 aliphatic carbocycles. The molecule has 0 radical (unpaired) electrons. The van der Waals surface area contributed by atoms with Crippen molar-refractivity contribution in [3.05, 3.63) is 89.4 Å². The van der Waals surface area contributed by atoms with E-state index in [0.717, 1.165) is 44.5 Å². The van der Waals surface area contributed by atoms with Gasteiger partial charge in [-0.25, -0.2) is 4.39 Å². The van der Waals surface area contributed by atoms with Crippen LogP contribution >= 0.6 is 0 Å². The van der Waals surface area contributed by atoms with Crippen LogP contribution < -0.4 is 10.1 Å². The van der Waals surface area contributed by atoms with Gasteiger partial charge in [0.05, 0.1) is 12.9 Å². The number of aryl methyl sites for hydroxylation is 2. The second-order valence-corrected chi connectivity index (χ2v) is 8.03. The van der Waals surface area contributed by atoms with E-state index in [9.17, 15) is 9.18 Å². The van der Waals surface area contributed by atoms with Gasteiger partial charge in [0.1, 0.15) is 17.1 Å². The van der Waals surface area contributed by atoms with E-state index < -0.39 is 0 Å². The summed E-state index contributed by atoms with van der Waals surface area (Å²) < 4.78 is 25.3. The molecule has 0 bridgehead atoms. The molecule has 0 aliphatic rings. The lowest BCUT2D eigenvalue weighted by atomic mass is 9.96. The number of carbonyl (C=O) groups excluding carboxylic acids is 1. The molecule has 4 rings (SSSR count). The summed E-state index contributed by atoms with van der Waals surface area (Å²) in [4.78, 5) is 12.7. The molecule has 0 unspecified atom stereocenters. The molecule has 4 aromatic rings. The first-order chi connectivity index (χ1) is 15.9. The van der Waals surface area contributed by atoms with Crippen LogP contribution in [0.1, 0.15) is 30.5 Å². The molecule has 0 atom stereocenters. The Labute approximate surface area is 192 Å². The summed E-state index contributed by atoms with van der Waals surface area (Å²) in [6.45, 7) is 8.22. The molecule has 0 spiro atoms. The lowest BCUT2D eigenvalue weighted by Crippen LogP contribution is -2.09. The van der Waals surface area contributed by atoms with Crippen molar-refractivity contribution in [1.82, 2.24) is 0 Å². The van der Waals surface area contributed by atoms with Crippen molar-refractivity contribution >= 4 is 28.1 Å². The summed E-state index contributed by atoms with van der Waals surface area (Å²) in [5.74, 6) is 0.171. The number of halogens is 1. The zero-order chi connectivity index (χ0) is 23.5. The van der Waals surface area contributed by atoms with Crippen LogP contribution in [0.5, 0.6) is 5.75 Å². The molecule has 4 nitrogen and oxygen atoms in total. The number of anilines is 1. The molecule has 5 heteroatoms. The minimum atomic E-state index is -0.291. The number of amides is 1. The van der Waals surface area contributed by atoms with E-state index in [0.29, 0.717) is 17.9 Å². The fourth-order valence-electron chi connectivity index (χ4n) is 3.88. The molecule has 168 valence electrons. The number of carbonyl (C=O) groups is 1. The van der Waals surface area contributed by atoms with E-state index in [1.807, 2.05) is 58.0 Å². The highest BCUT2D eigenvalue weighted by molar-refractivity contribution is 6.06. The molecule has 0 saturated heterocycles. The number of furan rings is 1. The molecule has 0 saturated carbocycles. The predicted molar refractivity (Wildman–Crippen MR) is 131 cm³/mol. The normalized spacial score (nSPS) is 11.6. The molecule has 0 fully saturated rings. The quantitative estimate of drug-likeness (QED) is 0.318. The first-order valence-electron chi connectivity index (χ1n) is 10.9. The van der Waals surface area contributed by atoms with Crippen LogP contribution in [0.25, 0.3) is 27.7 Å². The maximum Gasteiger partial charge on any atom is 0.248 e. The molecular formula is C28H26FNO3. The largest absolute Gasteiger partial charge is 0.493 e. The lowest BCUT2D eigenvalue weighted by molar-refractivity contribution is -0.111. The monoisotopic (exact) mass is 443 g/mol. The Morgan fingerprint density at radius 3 is 2.45 bits per heavy atom. The molecule has 1 aromatic heterocycles. The van der Waals surface area contributed by atoms with E-state index in [2.05, 4.69) is 5.32 Å². The highest BCUT2D eigenvalue weighted by Crippen LogP contribution is 2.40. The SMILES string of the molecule is CCOc1c(/C(C)=C/C(=O)Nc2ccc(C)cc2)cc2c(-c3ccc(F)cc3)coc2c1C. The van der Waals surface area contributed by atoms with Gasteiger partial charge in [-0.3, -0.25) is 4.79 Å². The topological polar surface area (TPSA) is 51.5 Å². The number of nitrogens with one attached hydrogen (secondary N) is 1. The molecule has 1 heterocycles. The smallest absolute Gasteiger partial charge is 0.248 e. The number of benzene rings is 3. The van der Waals surface area contributed by atoms with Gasteiger partial charge < -0.3 is 14.5 Å². The minimum absolute atomic E-state index is 0.220. The van der Waals surface area contributed by atoms with Crippen LogP contribution in [0.4, 0.5) is 10.1 Å². The average molecular weight is 444 g/mol. The Morgan fingerprint density at radius 2 is 1.79 bits per heavy atom. The van der Waals surface area contributed by atoms with Gasteiger partial charge in [0.2, 0.25) is 5.91 Å². The summed E-state index contributed by atoms with van der Waals surface area (Å²) in [5.41, 5.74) is 6.70. The maximum absolute atomic E-state index is 13.4. The third kappa shape index (κ3) is 4.67. The van der Waals surface area contributed by atoms with Crippen LogP contribution in [0.15, 0.2) is 71.4 Å². The van der Waals surface area contributed by atoms with Crippen molar-refractivity contribution in [2.45, 2.75) is 27.7 Å². The fraction of sp³-hybridized carbons (Fsp3) is 0.179. The van der Waals surface area contributed by atoms with Gasteiger partial charge in [0.25, 0.3) is 0 Å². The first-order valence-corrected chi connectivity index (χ1v) is 10.9. The molecule has 1 N–H and O–H groups in total. The van der Waals surface area contributed by atoms with Gasteiger partial charge in [-0.15, -0.1) is 0 Å². The number of hydrogen-bond donors (Lipinski definition) is 1. The first kappa shape index (κ1) is 22.3. The Bertz CT molecular complexity index is 1330. The summed E-state index contributed by atoms with van der Waals surface area (Å²) in [7, 11) is 0. The summed E-state index contributed by atoms with van der Waals surface area (Å²) in [6.07, 6.45) is 3.24. The van der Waals surface area contributed by atoms with Gasteiger partial charge in [0, 0.05) is 33.8 Å². The van der Waals surface area contributed by atoms with Crippen LogP contribution in [-0.2, 0) is 4.79 Å². The molecular weight excluding hydrogens is 417 g/mol. The molecule has 3 aromatic carbocycles. The van der Waals surface area contributed by atoms with E-state index in [4.69, 9.17) is 9.15 Å². The summed E-state index contributed by atoms with van der Waals surface area (Å²) >= 11 is 0. The van der Waals surface area contributed by atoms with Crippen molar-refractivity contribution in [3.63, 3.8) is 0 Å². The van der Waals surface area contributed by atoms with Crippen LogP contribution in [-0.4, -0.2) is 12.5 Å². The average Bonchev–Trinajstić information content (AvgIpc) is 3.22. The Morgan fingerprint density at radius 1 is 1.09 bits per heavy atom. The number of ether oxygens (including phenoxy) is 1. The molecule has 0 aliphatic heterocycles. The number of allylic oxidation sites excluding steroid dienone is 1. The number of hydrogen-bond acceptors (Lipinski definition) is 3. The van der Waals surface area contributed by atoms with E-state index in [1.54, 1.807) is 24.5 Å². The Balaban J connectivity index is 1.77. The third-order valence-corrected chi connectivity index (χ3v) is 5.58. The van der Waals surface area contributed by atoms with Gasteiger partial charge in [-0.1, -0.05) is 29.8 Å². The van der Waals surface area contributed by atoms with Crippen molar-refractivity contribution in [2.75, 3.05) is 11.9 Å². The maximum atomic E-state index is 13.4. The fourth-order valence-corrected chi connectivity index (χ4v) is 3.88. The number of fused-ring (bicyclic) bond motifs is 1. The van der Waals surface area contributed by atoms with Gasteiger partial charge >= 0.3 is 0 Å². The Kier molecular flexibility index (Phi) is 6.31. The van der Waals surface area contributed by atoms with E-state index in [1.165, 1.54) is 12.1 Å². The van der Waals surface area contributed by atoms with Gasteiger partial charge in [-0.2, -0.15) is 0 Å². The standard InChI is InChI=1S/C28H26FNO3/c1-5-32-27-19(4)28-24(25(16-33-28)20-8-10-21(29)11-9-20)15-23(27)18(3)14-26(31)30-22-12-6-17(2)7-13-22/h6-16H,5H2,1-4H3,(H,30,31)/b18-14+. The van der Waals surface area contributed by atoms with Crippen molar-refractivity contribution in [2.24, 2.45) is 0 Å². The second kappa shape index (κ2) is 9.33. The highest BCUT2D eigenvalue weighted by atomic mass is 19.1. The van der Waals surface area contributed by atoms with Crippen LogP contribution in [0.2, 0.25) is 0 Å². The molecule has 33 heavy (non-hydrogen) atoms. The van der Waals surface area contributed by atoms with E-state index in [-0.39, 0.29) is 11.7 Å². The summed E-state index contributed by atoms with van der Waals surface area (Å²) in [6, 6.07) is 15.9. The molecule has 1 amide bonds. The Hall–Kier alpha value is -3.86. The highest BCUT2D eigenvalue weighted by Gasteiger charge is 2.19. The van der Waals surface area contributed by atoms with Crippen molar-refractivity contribution in [1.29, 1.82) is 0 Å². The zero-order valence-corrected chi connectivity index (χ0v) is 19.2. The number of rotatable bonds is 6.